The summed E-state index contributed by atoms with van der Waals surface area (Å²) in [5.74, 6) is -1.90. The number of amides is 3. The molecule has 146 valence electrons. The Hall–Kier alpha value is -3.48. The van der Waals surface area contributed by atoms with E-state index in [4.69, 9.17) is 0 Å². The minimum Gasteiger partial charge on any atom is -0.318 e. The van der Waals surface area contributed by atoms with Crippen LogP contribution in [0.5, 0.6) is 0 Å². The van der Waals surface area contributed by atoms with Crippen LogP contribution in [0, 0.1) is 0 Å². The van der Waals surface area contributed by atoms with Gasteiger partial charge in [0.15, 0.2) is 0 Å². The maximum absolute atomic E-state index is 12.3. The number of anilines is 2. The molecule has 2 N–H and O–H groups in total. The fraction of sp³-hybridized carbons (Fsp3) is 0.238. The Morgan fingerprint density at radius 1 is 0.964 bits per heavy atom. The van der Waals surface area contributed by atoms with Crippen LogP contribution in [0.25, 0.3) is 0 Å². The van der Waals surface area contributed by atoms with Crippen molar-refractivity contribution in [1.29, 1.82) is 0 Å². The van der Waals surface area contributed by atoms with Gasteiger partial charge in [-0.3, -0.25) is 14.4 Å². The van der Waals surface area contributed by atoms with Gasteiger partial charge in [-0.2, -0.15) is 5.10 Å². The Morgan fingerprint density at radius 3 is 2.21 bits per heavy atom. The third-order valence-corrected chi connectivity index (χ3v) is 4.10. The summed E-state index contributed by atoms with van der Waals surface area (Å²) in [5, 5.41) is 6.34. The fourth-order valence-electron chi connectivity index (χ4n) is 2.38. The van der Waals surface area contributed by atoms with Crippen molar-refractivity contribution in [2.45, 2.75) is 26.7 Å². The molecule has 2 aromatic rings. The molecule has 0 unspecified atom stereocenters. The van der Waals surface area contributed by atoms with E-state index in [9.17, 15) is 14.4 Å². The molecule has 0 aliphatic rings. The van der Waals surface area contributed by atoms with Crippen molar-refractivity contribution in [3.8, 4) is 0 Å². The molecular weight excluding hydrogens is 356 g/mol. The molecule has 0 aromatic heterocycles. The first-order valence-corrected chi connectivity index (χ1v) is 8.95. The highest BCUT2D eigenvalue weighted by atomic mass is 16.2. The molecule has 0 fully saturated rings. The lowest BCUT2D eigenvalue weighted by atomic mass is 10.1. The topological polar surface area (TPSA) is 90.9 Å². The molecule has 0 aliphatic heterocycles. The first-order chi connectivity index (χ1) is 13.4. The quantitative estimate of drug-likeness (QED) is 0.459. The average Bonchev–Trinajstić information content (AvgIpc) is 2.72. The van der Waals surface area contributed by atoms with Gasteiger partial charge in [0.1, 0.15) is 0 Å². The lowest BCUT2D eigenvalue weighted by Crippen LogP contribution is -2.33. The van der Waals surface area contributed by atoms with Crippen molar-refractivity contribution >= 4 is 34.8 Å². The van der Waals surface area contributed by atoms with Crippen LogP contribution >= 0.6 is 0 Å². The molecular formula is C21H24N4O3. The van der Waals surface area contributed by atoms with E-state index in [1.54, 1.807) is 26.1 Å². The van der Waals surface area contributed by atoms with Crippen molar-refractivity contribution in [2.75, 3.05) is 17.3 Å². The summed E-state index contributed by atoms with van der Waals surface area (Å²) >= 11 is 0. The van der Waals surface area contributed by atoms with E-state index in [-0.39, 0.29) is 12.3 Å². The highest BCUT2D eigenvalue weighted by molar-refractivity contribution is 6.39. The second-order valence-corrected chi connectivity index (χ2v) is 6.26. The normalized spacial score (nSPS) is 10.9. The molecule has 3 amide bonds. The Morgan fingerprint density at radius 2 is 1.61 bits per heavy atom. The maximum atomic E-state index is 12.3. The Kier molecular flexibility index (Phi) is 7.45. The highest BCUT2D eigenvalue weighted by Gasteiger charge is 2.15. The van der Waals surface area contributed by atoms with Crippen LogP contribution in [0.4, 0.5) is 11.4 Å². The molecule has 0 heterocycles. The smallest absolute Gasteiger partial charge is 0.318 e. The van der Waals surface area contributed by atoms with Crippen LogP contribution in [0.2, 0.25) is 0 Å². The molecule has 2 aromatic carbocycles. The summed E-state index contributed by atoms with van der Waals surface area (Å²) in [4.78, 5) is 37.6. The Balaban J connectivity index is 1.86. The van der Waals surface area contributed by atoms with E-state index >= 15 is 0 Å². The molecule has 2 rings (SSSR count). The van der Waals surface area contributed by atoms with Gasteiger partial charge < -0.3 is 10.2 Å². The fourth-order valence-corrected chi connectivity index (χ4v) is 2.38. The largest absolute Gasteiger partial charge is 0.329 e. The maximum Gasteiger partial charge on any atom is 0.329 e. The summed E-state index contributed by atoms with van der Waals surface area (Å²) in [6.07, 6.45) is 0.909. The van der Waals surface area contributed by atoms with Gasteiger partial charge in [-0.15, -0.1) is 0 Å². The van der Waals surface area contributed by atoms with Gasteiger partial charge in [0.25, 0.3) is 0 Å². The summed E-state index contributed by atoms with van der Waals surface area (Å²) in [6, 6.07) is 16.4. The van der Waals surface area contributed by atoms with Gasteiger partial charge in [0.05, 0.1) is 6.42 Å². The van der Waals surface area contributed by atoms with Crippen molar-refractivity contribution in [2.24, 2.45) is 5.10 Å². The minimum absolute atomic E-state index is 0.0196. The number of nitrogens with zero attached hydrogens (tertiary/aromatic N) is 2. The summed E-state index contributed by atoms with van der Waals surface area (Å²) in [6.45, 7) is 3.64. The number of para-hydroxylation sites is 1. The second kappa shape index (κ2) is 10.0. The SMILES string of the molecule is CCc1ccc(NC(=O)C(=O)N/N=C(\C)CC(=O)N(C)c2ccccc2)cc1. The lowest BCUT2D eigenvalue weighted by molar-refractivity contribution is -0.136. The summed E-state index contributed by atoms with van der Waals surface area (Å²) < 4.78 is 0. The standard InChI is InChI=1S/C21H24N4O3/c1-4-16-10-12-17(13-11-16)22-20(27)21(28)24-23-15(2)14-19(26)25(3)18-8-6-5-7-9-18/h5-13H,4,14H2,1-3H3,(H,22,27)(H,24,28)/b23-15+. The monoisotopic (exact) mass is 380 g/mol. The molecule has 0 saturated heterocycles. The first kappa shape index (κ1) is 20.8. The van der Waals surface area contributed by atoms with E-state index in [1.807, 2.05) is 49.4 Å². The lowest BCUT2D eigenvalue weighted by Gasteiger charge is -2.17. The number of carbonyl (C=O) groups excluding carboxylic acids is 3. The molecule has 0 bridgehead atoms. The van der Waals surface area contributed by atoms with Gasteiger partial charge in [0, 0.05) is 24.1 Å². The van der Waals surface area contributed by atoms with E-state index < -0.39 is 11.8 Å². The third kappa shape index (κ3) is 6.05. The molecule has 0 spiro atoms. The van der Waals surface area contributed by atoms with Crippen LogP contribution in [0.3, 0.4) is 0 Å². The van der Waals surface area contributed by atoms with Gasteiger partial charge in [-0.25, -0.2) is 5.43 Å². The zero-order valence-corrected chi connectivity index (χ0v) is 16.2. The zero-order chi connectivity index (χ0) is 20.5. The molecule has 0 saturated carbocycles. The van der Waals surface area contributed by atoms with Crippen LogP contribution < -0.4 is 15.6 Å². The number of rotatable bonds is 6. The molecule has 0 aliphatic carbocycles. The predicted octanol–water partition coefficient (Wildman–Crippen LogP) is 2.73. The van der Waals surface area contributed by atoms with Gasteiger partial charge in [0.2, 0.25) is 5.91 Å². The third-order valence-electron chi connectivity index (χ3n) is 4.10. The second-order valence-electron chi connectivity index (χ2n) is 6.26. The summed E-state index contributed by atoms with van der Waals surface area (Å²) in [5.41, 5.74) is 4.99. The molecule has 0 radical (unpaired) electrons. The summed E-state index contributed by atoms with van der Waals surface area (Å²) in [7, 11) is 1.67. The number of benzene rings is 2. The number of hydrogen-bond donors (Lipinski definition) is 2. The Bertz CT molecular complexity index is 861. The molecule has 7 heteroatoms. The van der Waals surface area contributed by atoms with Gasteiger partial charge >= 0.3 is 11.8 Å². The number of aryl methyl sites for hydroxylation is 1. The van der Waals surface area contributed by atoms with E-state index in [0.29, 0.717) is 11.4 Å². The van der Waals surface area contributed by atoms with E-state index in [1.165, 1.54) is 4.90 Å². The average molecular weight is 380 g/mol. The van der Waals surface area contributed by atoms with E-state index in [0.717, 1.165) is 17.7 Å². The van der Waals surface area contributed by atoms with Crippen LogP contribution in [-0.2, 0) is 20.8 Å². The molecule has 28 heavy (non-hydrogen) atoms. The number of nitrogens with one attached hydrogen (secondary N) is 2. The van der Waals surface area contributed by atoms with Crippen LogP contribution in [0.15, 0.2) is 59.7 Å². The zero-order valence-electron chi connectivity index (χ0n) is 16.2. The van der Waals surface area contributed by atoms with E-state index in [2.05, 4.69) is 15.8 Å². The highest BCUT2D eigenvalue weighted by Crippen LogP contribution is 2.12. The number of carbonyl (C=O) groups is 3. The van der Waals surface area contributed by atoms with Gasteiger partial charge in [-0.1, -0.05) is 37.3 Å². The van der Waals surface area contributed by atoms with Crippen molar-refractivity contribution < 1.29 is 14.4 Å². The van der Waals surface area contributed by atoms with Crippen LogP contribution in [-0.4, -0.2) is 30.5 Å². The molecule has 7 nitrogen and oxygen atoms in total. The van der Waals surface area contributed by atoms with Crippen LogP contribution in [0.1, 0.15) is 25.8 Å². The van der Waals surface area contributed by atoms with Gasteiger partial charge in [-0.05, 0) is 43.2 Å². The molecule has 0 atom stereocenters. The number of hydrogen-bond acceptors (Lipinski definition) is 4. The first-order valence-electron chi connectivity index (χ1n) is 8.95. The predicted molar refractivity (Wildman–Crippen MR) is 110 cm³/mol. The van der Waals surface area contributed by atoms with Crippen molar-refractivity contribution in [3.05, 3.63) is 60.2 Å². The van der Waals surface area contributed by atoms with Crippen molar-refractivity contribution in [3.63, 3.8) is 0 Å². The number of hydrazone groups is 1. The minimum atomic E-state index is -0.900. The van der Waals surface area contributed by atoms with Crippen molar-refractivity contribution in [1.82, 2.24) is 5.43 Å². The Labute approximate surface area is 164 Å².